The van der Waals surface area contributed by atoms with Crippen molar-refractivity contribution in [1.29, 1.82) is 0 Å². The fourth-order valence-electron chi connectivity index (χ4n) is 4.18. The number of aliphatic imine (C=N–C) groups is 1. The van der Waals surface area contributed by atoms with E-state index < -0.39 is 34.6 Å². The highest BCUT2D eigenvalue weighted by Crippen LogP contribution is 2.41. The summed E-state index contributed by atoms with van der Waals surface area (Å²) in [5.74, 6) is -4.05. The lowest BCUT2D eigenvalue weighted by Crippen LogP contribution is -2.37. The number of phenols is 1. The first kappa shape index (κ1) is 27.1. The molecule has 0 aromatic heterocycles. The summed E-state index contributed by atoms with van der Waals surface area (Å²) in [6, 6.07) is 11.7. The van der Waals surface area contributed by atoms with Crippen molar-refractivity contribution >= 4 is 29.2 Å². The Bertz CT molecular complexity index is 1280. The summed E-state index contributed by atoms with van der Waals surface area (Å²) in [7, 11) is 0. The quantitative estimate of drug-likeness (QED) is 0.226. The number of aromatic hydroxyl groups is 1. The molecule has 1 aliphatic heterocycles. The van der Waals surface area contributed by atoms with Crippen LogP contribution < -0.4 is 5.32 Å². The number of non-ortho nitro benzene ring substituents is 1. The molecule has 3 rings (SSSR count). The maximum atomic E-state index is 13.2. The second-order valence-electron chi connectivity index (χ2n) is 8.22. The van der Waals surface area contributed by atoms with E-state index in [1.807, 2.05) is 0 Å². The molecule has 1 heterocycles. The van der Waals surface area contributed by atoms with Crippen LogP contribution in [-0.4, -0.2) is 53.3 Å². The minimum absolute atomic E-state index is 0.0453. The summed E-state index contributed by atoms with van der Waals surface area (Å²) in [6.07, 6.45) is 0. The highest BCUT2D eigenvalue weighted by atomic mass is 16.6. The smallest absolute Gasteiger partial charge is 0.336 e. The number of rotatable bonds is 9. The normalized spacial score (nSPS) is 17.0. The van der Waals surface area contributed by atoms with E-state index in [9.17, 15) is 29.6 Å². The Morgan fingerprint density at radius 1 is 1.11 bits per heavy atom. The molecule has 2 atom stereocenters. The average Bonchev–Trinajstić information content (AvgIpc) is 2.86. The third kappa shape index (κ3) is 6.18. The van der Waals surface area contributed by atoms with Crippen LogP contribution in [0, 0.1) is 16.0 Å². The number of para-hydroxylation sites is 1. The predicted molar refractivity (Wildman–Crippen MR) is 133 cm³/mol. The lowest BCUT2D eigenvalue weighted by molar-refractivity contribution is -0.384. The molecule has 0 bridgehead atoms. The highest BCUT2D eigenvalue weighted by molar-refractivity contribution is 6.07. The van der Waals surface area contributed by atoms with Gasteiger partial charge in [-0.1, -0.05) is 24.3 Å². The van der Waals surface area contributed by atoms with E-state index in [0.717, 1.165) is 0 Å². The number of phenolic OH excluding ortho intramolecular Hbond substituents is 1. The molecule has 0 fully saturated rings. The van der Waals surface area contributed by atoms with Gasteiger partial charge in [0.05, 0.1) is 29.2 Å². The summed E-state index contributed by atoms with van der Waals surface area (Å²) in [6.45, 7) is 4.72. The standard InChI is InChI=1S/C26H27N3O8/c1-4-36-25(32)21-15(2)28-16(3)22(23(21)17-8-7-9-18(14-17)29(34)35)26(33)37-13-12-27-24(31)19-10-5-6-11-20(19)30/h5-11,14,21,23,30H,4,12-13H2,1-3H3,(H,27,31)/t21?,23-/m1/s1. The lowest BCUT2D eigenvalue weighted by Gasteiger charge is -2.31. The number of hydrogen-bond donors (Lipinski definition) is 2. The number of nitro groups is 1. The summed E-state index contributed by atoms with van der Waals surface area (Å²) < 4.78 is 10.6. The third-order valence-corrected chi connectivity index (χ3v) is 5.80. The number of benzene rings is 2. The van der Waals surface area contributed by atoms with E-state index in [-0.39, 0.29) is 42.3 Å². The second-order valence-corrected chi connectivity index (χ2v) is 8.22. The molecule has 0 saturated heterocycles. The molecule has 0 spiro atoms. The summed E-state index contributed by atoms with van der Waals surface area (Å²) in [5.41, 5.74) is 1.01. The number of carbonyl (C=O) groups is 3. The maximum Gasteiger partial charge on any atom is 0.336 e. The number of amides is 1. The zero-order valence-corrected chi connectivity index (χ0v) is 20.6. The number of nitrogens with zero attached hydrogens (tertiary/aromatic N) is 2. The van der Waals surface area contributed by atoms with Crippen LogP contribution in [0.5, 0.6) is 5.75 Å². The topological polar surface area (TPSA) is 157 Å². The van der Waals surface area contributed by atoms with Crippen LogP contribution in [0.4, 0.5) is 5.69 Å². The van der Waals surface area contributed by atoms with Gasteiger partial charge in [0.25, 0.3) is 11.6 Å². The molecule has 0 aliphatic carbocycles. The first-order valence-corrected chi connectivity index (χ1v) is 11.6. The Morgan fingerprint density at radius 3 is 2.51 bits per heavy atom. The number of esters is 2. The number of hydrogen-bond acceptors (Lipinski definition) is 9. The lowest BCUT2D eigenvalue weighted by atomic mass is 9.75. The highest BCUT2D eigenvalue weighted by Gasteiger charge is 2.42. The molecule has 1 aliphatic rings. The van der Waals surface area contributed by atoms with Gasteiger partial charge in [-0.25, -0.2) is 4.79 Å². The molecular weight excluding hydrogens is 482 g/mol. The molecule has 1 amide bonds. The van der Waals surface area contributed by atoms with Crippen molar-refractivity contribution in [3.8, 4) is 5.75 Å². The van der Waals surface area contributed by atoms with E-state index in [2.05, 4.69) is 10.3 Å². The van der Waals surface area contributed by atoms with Gasteiger partial charge in [-0.05, 0) is 38.5 Å². The van der Waals surface area contributed by atoms with Crippen LogP contribution in [0.15, 0.2) is 64.8 Å². The van der Waals surface area contributed by atoms with Crippen LogP contribution >= 0.6 is 0 Å². The molecule has 1 unspecified atom stereocenters. The molecule has 194 valence electrons. The van der Waals surface area contributed by atoms with Crippen molar-refractivity contribution in [2.45, 2.75) is 26.7 Å². The van der Waals surface area contributed by atoms with Crippen LogP contribution in [0.3, 0.4) is 0 Å². The predicted octanol–water partition coefficient (Wildman–Crippen LogP) is 3.29. The van der Waals surface area contributed by atoms with Crippen LogP contribution in [-0.2, 0) is 19.1 Å². The Morgan fingerprint density at radius 2 is 1.84 bits per heavy atom. The van der Waals surface area contributed by atoms with E-state index in [4.69, 9.17) is 9.47 Å². The maximum absolute atomic E-state index is 13.2. The van der Waals surface area contributed by atoms with Crippen LogP contribution in [0.25, 0.3) is 0 Å². The van der Waals surface area contributed by atoms with Gasteiger partial charge in [0.1, 0.15) is 18.3 Å². The van der Waals surface area contributed by atoms with Gasteiger partial charge in [-0.3, -0.25) is 24.7 Å². The SMILES string of the molecule is CCOC(=O)C1C(C)=NC(C)=C(C(=O)OCCNC(=O)c2ccccc2O)[C@@H]1c1cccc([N+](=O)[O-])c1. The van der Waals surface area contributed by atoms with E-state index in [0.29, 0.717) is 17.0 Å². The first-order chi connectivity index (χ1) is 17.6. The summed E-state index contributed by atoms with van der Waals surface area (Å²) >= 11 is 0. The fraction of sp³-hybridized carbons (Fsp3) is 0.308. The summed E-state index contributed by atoms with van der Waals surface area (Å²) in [5, 5.41) is 23.7. The number of allylic oxidation sites excluding steroid dienone is 1. The first-order valence-electron chi connectivity index (χ1n) is 11.6. The van der Waals surface area contributed by atoms with E-state index >= 15 is 0 Å². The molecule has 37 heavy (non-hydrogen) atoms. The Labute approximate surface area is 213 Å². The molecule has 2 aromatic carbocycles. The monoisotopic (exact) mass is 509 g/mol. The molecule has 2 aromatic rings. The van der Waals surface area contributed by atoms with Gasteiger partial charge in [-0.2, -0.15) is 0 Å². The van der Waals surface area contributed by atoms with Gasteiger partial charge >= 0.3 is 11.9 Å². The molecule has 0 saturated carbocycles. The third-order valence-electron chi connectivity index (χ3n) is 5.80. The zero-order valence-electron chi connectivity index (χ0n) is 20.6. The number of nitro benzene ring substituents is 1. The minimum Gasteiger partial charge on any atom is -0.507 e. The molecule has 0 radical (unpaired) electrons. The molecule has 11 heteroatoms. The van der Waals surface area contributed by atoms with E-state index in [1.165, 1.54) is 30.3 Å². The van der Waals surface area contributed by atoms with Gasteiger partial charge in [-0.15, -0.1) is 0 Å². The number of ether oxygens (including phenoxy) is 2. The summed E-state index contributed by atoms with van der Waals surface area (Å²) in [4.78, 5) is 53.6. The second kappa shape index (κ2) is 11.9. The largest absolute Gasteiger partial charge is 0.507 e. The number of nitrogens with one attached hydrogen (secondary N) is 1. The van der Waals surface area contributed by atoms with Crippen LogP contribution in [0.1, 0.15) is 42.6 Å². The van der Waals surface area contributed by atoms with Crippen molar-refractivity contribution in [1.82, 2.24) is 5.32 Å². The molecule has 11 nitrogen and oxygen atoms in total. The average molecular weight is 510 g/mol. The fourth-order valence-corrected chi connectivity index (χ4v) is 4.18. The van der Waals surface area contributed by atoms with Crippen LogP contribution in [0.2, 0.25) is 0 Å². The van der Waals surface area contributed by atoms with E-state index in [1.54, 1.807) is 39.0 Å². The van der Waals surface area contributed by atoms with Gasteiger partial charge < -0.3 is 19.9 Å². The Kier molecular flexibility index (Phi) is 8.72. The Balaban J connectivity index is 1.84. The minimum atomic E-state index is -0.992. The molecule has 2 N–H and O–H groups in total. The van der Waals surface area contributed by atoms with Gasteiger partial charge in [0.2, 0.25) is 0 Å². The van der Waals surface area contributed by atoms with Crippen molar-refractivity contribution in [3.05, 3.63) is 81.0 Å². The van der Waals surface area contributed by atoms with Crippen molar-refractivity contribution in [2.75, 3.05) is 19.8 Å². The molecular formula is C26H27N3O8. The van der Waals surface area contributed by atoms with Gasteiger partial charge in [0, 0.05) is 29.5 Å². The van der Waals surface area contributed by atoms with Crippen molar-refractivity contribution in [2.24, 2.45) is 10.9 Å². The van der Waals surface area contributed by atoms with Gasteiger partial charge in [0.15, 0.2) is 0 Å². The van der Waals surface area contributed by atoms with Crippen molar-refractivity contribution < 1.29 is 33.9 Å². The Hall–Kier alpha value is -4.54. The van der Waals surface area contributed by atoms with Crippen molar-refractivity contribution in [3.63, 3.8) is 0 Å². The number of carbonyl (C=O) groups excluding carboxylic acids is 3. The zero-order chi connectivity index (χ0) is 27.1.